The molecule has 0 aromatic heterocycles. The Morgan fingerprint density at radius 3 is 2.33 bits per heavy atom. The summed E-state index contributed by atoms with van der Waals surface area (Å²) in [6.07, 6.45) is -4.44. The lowest BCUT2D eigenvalue weighted by Crippen LogP contribution is -2.21. The van der Waals surface area contributed by atoms with Crippen molar-refractivity contribution in [3.05, 3.63) is 28.2 Å². The average Bonchev–Trinajstić information content (AvgIpc) is 2.05. The maximum Gasteiger partial charge on any atom is 0.417 e. The molecule has 0 aliphatic rings. The number of hydrogen-bond donors (Lipinski definition) is 2. The summed E-state index contributed by atoms with van der Waals surface area (Å²) in [4.78, 5) is 3.53. The normalized spacial score (nSPS) is 11.2. The predicted molar refractivity (Wildman–Crippen MR) is 54.6 cm³/mol. The molecule has 0 heterocycles. The molecule has 0 aliphatic heterocycles. The summed E-state index contributed by atoms with van der Waals surface area (Å²) in [7, 11) is 0. The van der Waals surface area contributed by atoms with Crippen molar-refractivity contribution in [2.24, 2.45) is 16.5 Å². The Hall–Kier alpha value is -1.24. The van der Waals surface area contributed by atoms with Crippen molar-refractivity contribution in [2.45, 2.75) is 6.18 Å². The van der Waals surface area contributed by atoms with Crippen LogP contribution in [-0.4, -0.2) is 5.96 Å². The lowest BCUT2D eigenvalue weighted by Gasteiger charge is -2.09. The predicted octanol–water partition coefficient (Wildman–Crippen LogP) is 2.37. The number of rotatable bonds is 1. The first-order valence-corrected chi connectivity index (χ1v) is 4.56. The standard InChI is InChI=1S/C8H7BrF3N3/c9-6-2-1-4(15-7(13)14)3-5(6)8(10,11)12/h1-3H,(H4,13,14,15). The van der Waals surface area contributed by atoms with Crippen molar-refractivity contribution in [3.63, 3.8) is 0 Å². The number of aliphatic imine (C=N–C) groups is 1. The van der Waals surface area contributed by atoms with Crippen molar-refractivity contribution >= 4 is 27.6 Å². The van der Waals surface area contributed by atoms with Gasteiger partial charge in [-0.05, 0) is 18.2 Å². The van der Waals surface area contributed by atoms with Crippen LogP contribution in [0, 0.1) is 0 Å². The van der Waals surface area contributed by atoms with Crippen molar-refractivity contribution < 1.29 is 13.2 Å². The van der Waals surface area contributed by atoms with Crippen LogP contribution in [0.5, 0.6) is 0 Å². The fourth-order valence-corrected chi connectivity index (χ4v) is 1.42. The largest absolute Gasteiger partial charge is 0.417 e. The average molecular weight is 282 g/mol. The minimum atomic E-state index is -4.44. The van der Waals surface area contributed by atoms with E-state index in [1.54, 1.807) is 0 Å². The molecule has 0 unspecified atom stereocenters. The number of hydrogen-bond acceptors (Lipinski definition) is 1. The number of alkyl halides is 3. The number of benzene rings is 1. The van der Waals surface area contributed by atoms with E-state index in [2.05, 4.69) is 20.9 Å². The molecule has 0 saturated heterocycles. The van der Waals surface area contributed by atoms with E-state index in [0.29, 0.717) is 0 Å². The van der Waals surface area contributed by atoms with Gasteiger partial charge in [0.15, 0.2) is 5.96 Å². The highest BCUT2D eigenvalue weighted by molar-refractivity contribution is 9.10. The summed E-state index contributed by atoms with van der Waals surface area (Å²) in [6.45, 7) is 0. The smallest absolute Gasteiger partial charge is 0.370 e. The van der Waals surface area contributed by atoms with Gasteiger partial charge in [0, 0.05) is 4.47 Å². The highest BCUT2D eigenvalue weighted by atomic mass is 79.9. The van der Waals surface area contributed by atoms with E-state index in [4.69, 9.17) is 11.5 Å². The lowest BCUT2D eigenvalue weighted by molar-refractivity contribution is -0.138. The minimum Gasteiger partial charge on any atom is -0.370 e. The number of nitrogens with two attached hydrogens (primary N) is 2. The van der Waals surface area contributed by atoms with Crippen molar-refractivity contribution in [3.8, 4) is 0 Å². The Kier molecular flexibility index (Phi) is 3.23. The number of halogens is 4. The van der Waals surface area contributed by atoms with Crippen LogP contribution in [0.15, 0.2) is 27.7 Å². The Bertz CT molecular complexity index is 397. The third kappa shape index (κ3) is 3.12. The Morgan fingerprint density at radius 1 is 1.27 bits per heavy atom. The van der Waals surface area contributed by atoms with Crippen molar-refractivity contribution in [1.82, 2.24) is 0 Å². The van der Waals surface area contributed by atoms with Crippen LogP contribution in [0.1, 0.15) is 5.56 Å². The van der Waals surface area contributed by atoms with Crippen LogP contribution in [0.25, 0.3) is 0 Å². The van der Waals surface area contributed by atoms with Gasteiger partial charge in [-0.15, -0.1) is 0 Å². The summed E-state index contributed by atoms with van der Waals surface area (Å²) in [5.74, 6) is -0.287. The van der Waals surface area contributed by atoms with Gasteiger partial charge in [0.25, 0.3) is 0 Å². The van der Waals surface area contributed by atoms with Crippen LogP contribution in [-0.2, 0) is 6.18 Å². The molecule has 1 aromatic carbocycles. The van der Waals surface area contributed by atoms with Gasteiger partial charge in [0.1, 0.15) is 0 Å². The molecule has 4 N–H and O–H groups in total. The zero-order chi connectivity index (χ0) is 11.6. The van der Waals surface area contributed by atoms with Crippen molar-refractivity contribution in [1.29, 1.82) is 0 Å². The molecule has 15 heavy (non-hydrogen) atoms. The van der Waals surface area contributed by atoms with E-state index in [1.807, 2.05) is 0 Å². The summed E-state index contributed by atoms with van der Waals surface area (Å²) < 4.78 is 37.2. The molecular formula is C8H7BrF3N3. The molecule has 7 heteroatoms. The molecule has 1 aromatic rings. The Balaban J connectivity index is 3.23. The maximum atomic E-state index is 12.4. The highest BCUT2D eigenvalue weighted by Gasteiger charge is 2.33. The minimum absolute atomic E-state index is 0.0513. The van der Waals surface area contributed by atoms with Gasteiger partial charge in [0.2, 0.25) is 0 Å². The van der Waals surface area contributed by atoms with E-state index in [-0.39, 0.29) is 16.1 Å². The first kappa shape index (κ1) is 11.8. The molecule has 1 rings (SSSR count). The SMILES string of the molecule is NC(N)=Nc1ccc(Br)c(C(F)(F)F)c1. The fraction of sp³-hybridized carbons (Fsp3) is 0.125. The molecule has 0 spiro atoms. The molecule has 82 valence electrons. The van der Waals surface area contributed by atoms with Crippen LogP contribution in [0.2, 0.25) is 0 Å². The van der Waals surface area contributed by atoms with Crippen LogP contribution >= 0.6 is 15.9 Å². The van der Waals surface area contributed by atoms with Crippen molar-refractivity contribution in [2.75, 3.05) is 0 Å². The third-order valence-corrected chi connectivity index (χ3v) is 2.21. The lowest BCUT2D eigenvalue weighted by atomic mass is 10.2. The zero-order valence-corrected chi connectivity index (χ0v) is 8.93. The van der Waals surface area contributed by atoms with Gasteiger partial charge in [-0.2, -0.15) is 13.2 Å². The van der Waals surface area contributed by atoms with Gasteiger partial charge in [-0.3, -0.25) is 0 Å². The molecule has 0 bridgehead atoms. The van der Waals surface area contributed by atoms with E-state index in [1.165, 1.54) is 12.1 Å². The number of nitrogens with zero attached hydrogens (tertiary/aromatic N) is 1. The van der Waals surface area contributed by atoms with Gasteiger partial charge < -0.3 is 11.5 Å². The van der Waals surface area contributed by atoms with Gasteiger partial charge in [0.05, 0.1) is 11.3 Å². The Labute approximate surface area is 92.1 Å². The molecular weight excluding hydrogens is 275 g/mol. The van der Waals surface area contributed by atoms with Crippen LogP contribution < -0.4 is 11.5 Å². The summed E-state index contributed by atoms with van der Waals surface area (Å²) in [6, 6.07) is 3.48. The van der Waals surface area contributed by atoms with Crippen LogP contribution in [0.3, 0.4) is 0 Å². The van der Waals surface area contributed by atoms with E-state index < -0.39 is 11.7 Å². The molecule has 0 aliphatic carbocycles. The highest BCUT2D eigenvalue weighted by Crippen LogP contribution is 2.36. The second kappa shape index (κ2) is 4.09. The molecule has 0 saturated carbocycles. The summed E-state index contributed by atoms with van der Waals surface area (Å²) in [5, 5.41) is 0. The van der Waals surface area contributed by atoms with E-state index in [9.17, 15) is 13.2 Å². The van der Waals surface area contributed by atoms with Crippen LogP contribution in [0.4, 0.5) is 18.9 Å². The first-order valence-electron chi connectivity index (χ1n) is 3.77. The fourth-order valence-electron chi connectivity index (χ4n) is 0.949. The zero-order valence-electron chi connectivity index (χ0n) is 7.35. The Morgan fingerprint density at radius 2 is 1.87 bits per heavy atom. The molecule has 0 fully saturated rings. The molecule has 0 amide bonds. The quantitative estimate of drug-likeness (QED) is 0.613. The molecule has 0 atom stereocenters. The monoisotopic (exact) mass is 281 g/mol. The summed E-state index contributed by atoms with van der Waals surface area (Å²) in [5.41, 5.74) is 9.36. The van der Waals surface area contributed by atoms with E-state index in [0.717, 1.165) is 6.07 Å². The third-order valence-electron chi connectivity index (χ3n) is 1.51. The molecule has 0 radical (unpaired) electrons. The van der Waals surface area contributed by atoms with Gasteiger partial charge in [-0.25, -0.2) is 4.99 Å². The second-order valence-corrected chi connectivity index (χ2v) is 3.55. The summed E-state index contributed by atoms with van der Waals surface area (Å²) >= 11 is 2.80. The second-order valence-electron chi connectivity index (χ2n) is 2.70. The molecule has 3 nitrogen and oxygen atoms in total. The topological polar surface area (TPSA) is 64.4 Å². The van der Waals surface area contributed by atoms with Gasteiger partial charge in [-0.1, -0.05) is 15.9 Å². The first-order chi connectivity index (χ1) is 6.80. The van der Waals surface area contributed by atoms with E-state index >= 15 is 0 Å². The maximum absolute atomic E-state index is 12.4. The number of guanidine groups is 1. The van der Waals surface area contributed by atoms with Gasteiger partial charge >= 0.3 is 6.18 Å².